The van der Waals surface area contributed by atoms with Crippen molar-refractivity contribution in [1.82, 2.24) is 0 Å². The van der Waals surface area contributed by atoms with Gasteiger partial charge in [0.15, 0.2) is 0 Å². The van der Waals surface area contributed by atoms with E-state index < -0.39 is 13.3 Å². The van der Waals surface area contributed by atoms with E-state index in [1.54, 1.807) is 4.40 Å². The van der Waals surface area contributed by atoms with Crippen LogP contribution in [0.4, 0.5) is 17.1 Å². The van der Waals surface area contributed by atoms with E-state index in [1.165, 1.54) is 74.5 Å². The van der Waals surface area contributed by atoms with Gasteiger partial charge in [0.2, 0.25) is 0 Å². The van der Waals surface area contributed by atoms with Crippen LogP contribution in [-0.2, 0) is 5.41 Å². The zero-order chi connectivity index (χ0) is 39.6. The molecular weight excluding hydrogens is 746 g/mol. The van der Waals surface area contributed by atoms with Crippen LogP contribution in [0.3, 0.4) is 0 Å². The molecule has 0 N–H and O–H groups in total. The van der Waals surface area contributed by atoms with Crippen molar-refractivity contribution in [2.45, 2.75) is 78.6 Å². The fourth-order valence-corrected chi connectivity index (χ4v) is 21.5. The molecular formula is C54H54BGeN. The molecule has 3 heteroatoms. The third-order valence-corrected chi connectivity index (χ3v) is 23.5. The summed E-state index contributed by atoms with van der Waals surface area (Å²) in [4.78, 5) is 2.56. The second kappa shape index (κ2) is 14.4. The van der Waals surface area contributed by atoms with Crippen LogP contribution in [0.1, 0.15) is 101 Å². The maximum absolute atomic E-state index is 3.72. The third kappa shape index (κ3) is 5.81. The van der Waals surface area contributed by atoms with Crippen LogP contribution in [0.25, 0.3) is 0 Å². The Kier molecular flexibility index (Phi) is 9.48. The zero-order valence-electron chi connectivity index (χ0n) is 34.8. The van der Waals surface area contributed by atoms with Crippen molar-refractivity contribution < 1.29 is 0 Å². The molecule has 0 radical (unpaired) electrons. The Morgan fingerprint density at radius 2 is 0.947 bits per heavy atom. The summed E-state index contributed by atoms with van der Waals surface area (Å²) >= 11 is -3.72. The van der Waals surface area contributed by atoms with Crippen molar-refractivity contribution in [2.75, 3.05) is 4.90 Å². The molecule has 0 fully saturated rings. The molecule has 282 valence electrons. The van der Waals surface area contributed by atoms with Gasteiger partial charge in [-0.25, -0.2) is 0 Å². The molecule has 0 aliphatic carbocycles. The van der Waals surface area contributed by atoms with Gasteiger partial charge in [-0.1, -0.05) is 0 Å². The predicted octanol–water partition coefficient (Wildman–Crippen LogP) is 9.37. The molecule has 2 aliphatic heterocycles. The normalized spacial score (nSPS) is 15.0. The van der Waals surface area contributed by atoms with E-state index in [-0.39, 0.29) is 12.1 Å². The molecule has 0 bridgehead atoms. The first-order valence-electron chi connectivity index (χ1n) is 21.1. The van der Waals surface area contributed by atoms with Crippen LogP contribution in [0.2, 0.25) is 0 Å². The Bertz CT molecular complexity index is 2490. The first-order chi connectivity index (χ1) is 27.5. The molecule has 7 aromatic carbocycles. The van der Waals surface area contributed by atoms with E-state index in [0.29, 0.717) is 17.8 Å². The number of para-hydroxylation sites is 2. The Labute approximate surface area is 344 Å². The Balaban J connectivity index is 1.44. The van der Waals surface area contributed by atoms with Crippen molar-refractivity contribution >= 4 is 71.0 Å². The van der Waals surface area contributed by atoms with Gasteiger partial charge in [0.05, 0.1) is 0 Å². The van der Waals surface area contributed by atoms with Gasteiger partial charge >= 0.3 is 346 Å². The summed E-state index contributed by atoms with van der Waals surface area (Å²) in [7, 11) is 0. The number of hydrogen-bond acceptors (Lipinski definition) is 1. The summed E-state index contributed by atoms with van der Waals surface area (Å²) in [5, 5.41) is 0. The van der Waals surface area contributed by atoms with Gasteiger partial charge in [-0.2, -0.15) is 0 Å². The van der Waals surface area contributed by atoms with Gasteiger partial charge in [0.1, 0.15) is 0 Å². The molecule has 1 nitrogen and oxygen atoms in total. The van der Waals surface area contributed by atoms with Crippen molar-refractivity contribution in [3.05, 3.63) is 192 Å². The maximum atomic E-state index is 2.65. The fraction of sp³-hybridized carbons (Fsp3) is 0.222. The summed E-state index contributed by atoms with van der Waals surface area (Å²) < 4.78 is 6.02. The minimum atomic E-state index is -3.72. The summed E-state index contributed by atoms with van der Waals surface area (Å²) in [6.07, 6.45) is 0. The average Bonchev–Trinajstić information content (AvgIpc) is 3.23. The van der Waals surface area contributed by atoms with Gasteiger partial charge in [-0.05, 0) is 0 Å². The van der Waals surface area contributed by atoms with Crippen LogP contribution >= 0.6 is 0 Å². The summed E-state index contributed by atoms with van der Waals surface area (Å²) in [5.74, 6) is 1.22. The monoisotopic (exact) mass is 801 g/mol. The third-order valence-electron chi connectivity index (χ3n) is 13.2. The van der Waals surface area contributed by atoms with Crippen molar-refractivity contribution in [3.8, 4) is 0 Å². The van der Waals surface area contributed by atoms with Crippen molar-refractivity contribution in [1.29, 1.82) is 0 Å². The molecule has 0 aromatic heterocycles. The van der Waals surface area contributed by atoms with Crippen LogP contribution in [0.15, 0.2) is 164 Å². The van der Waals surface area contributed by atoms with Gasteiger partial charge < -0.3 is 0 Å². The Hall–Kier alpha value is -5.05. The van der Waals surface area contributed by atoms with Gasteiger partial charge in [0.25, 0.3) is 0 Å². The van der Waals surface area contributed by atoms with E-state index in [4.69, 9.17) is 0 Å². The van der Waals surface area contributed by atoms with Gasteiger partial charge in [0, 0.05) is 0 Å². The van der Waals surface area contributed by atoms with Gasteiger partial charge in [-0.3, -0.25) is 0 Å². The van der Waals surface area contributed by atoms with E-state index in [9.17, 15) is 0 Å². The molecule has 2 heterocycles. The molecule has 57 heavy (non-hydrogen) atoms. The fourth-order valence-electron chi connectivity index (χ4n) is 10.4. The number of nitrogens with zero attached hydrogens (tertiary/aromatic N) is 1. The van der Waals surface area contributed by atoms with E-state index >= 15 is 0 Å². The van der Waals surface area contributed by atoms with Crippen molar-refractivity contribution in [2.24, 2.45) is 0 Å². The van der Waals surface area contributed by atoms with E-state index in [0.717, 1.165) is 0 Å². The SMILES string of the molecule is CC(C)c1cc(C(C)C)c(B2c3cccc[c]3[Ge]([c]3ccccc3)([c]3ccccc3)[c]3cc(N4c5ccccc5C(C)(C)c5ccccc54)ccc32)c(C(C)C)c1. The molecule has 0 atom stereocenters. The van der Waals surface area contributed by atoms with Crippen molar-refractivity contribution in [3.63, 3.8) is 0 Å². The molecule has 7 aromatic rings. The summed E-state index contributed by atoms with van der Waals surface area (Å²) in [6.45, 7) is 19.1. The predicted molar refractivity (Wildman–Crippen MR) is 250 cm³/mol. The van der Waals surface area contributed by atoms with Crippen LogP contribution in [-0.4, -0.2) is 20.0 Å². The molecule has 9 rings (SSSR count). The van der Waals surface area contributed by atoms with E-state index in [2.05, 4.69) is 224 Å². The molecule has 0 saturated carbocycles. The number of fused-ring (bicyclic) bond motifs is 4. The zero-order valence-corrected chi connectivity index (χ0v) is 36.9. The topological polar surface area (TPSA) is 3.24 Å². The molecule has 0 spiro atoms. The number of rotatable bonds is 7. The van der Waals surface area contributed by atoms with Gasteiger partial charge in [-0.15, -0.1) is 0 Å². The molecule has 0 amide bonds. The van der Waals surface area contributed by atoms with Crippen LogP contribution in [0.5, 0.6) is 0 Å². The summed E-state index contributed by atoms with van der Waals surface area (Å²) in [6, 6.07) is 63.7. The standard InChI is InChI=1S/C54H54BGeN/c1-36(2)39-33-43(37(3)4)53(44(34-39)38(5)6)55-47-27-17-18-28-49(47)56(40-21-11-9-12-22-40,41-23-13-10-14-24-41)50-35-42(31-32-48(50)55)57-51-29-19-15-25-45(51)54(7,8)46-26-16-20-30-52(46)57/h9-38H,1-8H3. The molecule has 2 aliphatic rings. The number of hydrogen-bond donors (Lipinski definition) is 0. The number of anilines is 3. The summed E-state index contributed by atoms with van der Waals surface area (Å²) in [5.41, 5.74) is 15.2. The van der Waals surface area contributed by atoms with E-state index in [1.807, 2.05) is 0 Å². The average molecular weight is 800 g/mol. The first kappa shape index (κ1) is 37.5. The first-order valence-corrected chi connectivity index (χ1v) is 25.3. The van der Waals surface area contributed by atoms with Crippen LogP contribution in [0, 0.1) is 0 Å². The Morgan fingerprint density at radius 3 is 1.47 bits per heavy atom. The van der Waals surface area contributed by atoms with Crippen LogP contribution < -0.4 is 38.9 Å². The minimum absolute atomic E-state index is 0.104. The second-order valence-electron chi connectivity index (χ2n) is 17.8. The number of benzene rings is 7. The quantitative estimate of drug-likeness (QED) is 0.145. The molecule has 0 saturated heterocycles. The second-order valence-corrected chi connectivity index (χ2v) is 25.7. The Morgan fingerprint density at radius 1 is 0.474 bits per heavy atom. The molecule has 0 unspecified atom stereocenters.